The molecule has 174 valence electrons. The summed E-state index contributed by atoms with van der Waals surface area (Å²) in [5, 5.41) is 14.0. The van der Waals surface area contributed by atoms with E-state index in [0.29, 0.717) is 28.6 Å². The molecule has 1 N–H and O–H groups in total. The van der Waals surface area contributed by atoms with Crippen molar-refractivity contribution in [3.63, 3.8) is 0 Å². The summed E-state index contributed by atoms with van der Waals surface area (Å²) < 4.78 is 12.2. The van der Waals surface area contributed by atoms with Gasteiger partial charge >= 0.3 is 0 Å². The van der Waals surface area contributed by atoms with Gasteiger partial charge in [-0.2, -0.15) is 0 Å². The molecule has 0 aliphatic carbocycles. The highest BCUT2D eigenvalue weighted by Gasteiger charge is 2.47. The van der Waals surface area contributed by atoms with Gasteiger partial charge in [0.15, 0.2) is 16.7 Å². The number of hydrogen-bond acceptors (Lipinski definition) is 8. The third-order valence-corrected chi connectivity index (χ3v) is 7.72. The lowest BCUT2D eigenvalue weighted by molar-refractivity contribution is -0.117. The zero-order chi connectivity index (χ0) is 24.1. The lowest BCUT2D eigenvalue weighted by Crippen LogP contribution is -2.30. The van der Waals surface area contributed by atoms with Crippen molar-refractivity contribution in [3.8, 4) is 5.75 Å². The fraction of sp³-hybridized carbons (Fsp3) is 0.115. The van der Waals surface area contributed by atoms with E-state index < -0.39 is 23.5 Å². The molecule has 5 aromatic rings. The minimum Gasteiger partial charge on any atom is -0.503 e. The van der Waals surface area contributed by atoms with Gasteiger partial charge in [-0.1, -0.05) is 35.6 Å². The molecule has 0 saturated heterocycles. The summed E-state index contributed by atoms with van der Waals surface area (Å²) in [5.41, 5.74) is 1.23. The first-order valence-corrected chi connectivity index (χ1v) is 12.6. The number of fused-ring (bicyclic) bond motifs is 2. The average molecular weight is 503 g/mol. The lowest BCUT2D eigenvalue weighted by Gasteiger charge is -2.22. The number of ether oxygens (including phenoxy) is 1. The summed E-state index contributed by atoms with van der Waals surface area (Å²) in [4.78, 5) is 33.7. The Balaban J connectivity index is 1.46. The maximum absolute atomic E-state index is 13.6. The second-order valence-corrected chi connectivity index (χ2v) is 9.88. The summed E-state index contributed by atoms with van der Waals surface area (Å²) in [7, 11) is 0. The summed E-state index contributed by atoms with van der Waals surface area (Å²) in [6.45, 7) is 2.44. The first-order chi connectivity index (χ1) is 17.0. The van der Waals surface area contributed by atoms with Crippen LogP contribution in [0, 0.1) is 0 Å². The number of nitrogens with zero attached hydrogens (tertiary/aromatic N) is 2. The second-order valence-electron chi connectivity index (χ2n) is 7.89. The van der Waals surface area contributed by atoms with Crippen molar-refractivity contribution in [1.29, 1.82) is 0 Å². The van der Waals surface area contributed by atoms with Crippen LogP contribution in [0.3, 0.4) is 0 Å². The predicted octanol–water partition coefficient (Wildman–Crippen LogP) is 6.29. The van der Waals surface area contributed by atoms with Crippen molar-refractivity contribution in [2.24, 2.45) is 0 Å². The van der Waals surface area contributed by atoms with Crippen molar-refractivity contribution in [1.82, 2.24) is 4.98 Å². The molecule has 1 atom stereocenters. The van der Waals surface area contributed by atoms with Crippen LogP contribution in [0.5, 0.6) is 5.75 Å². The van der Waals surface area contributed by atoms with Gasteiger partial charge in [0.05, 0.1) is 22.4 Å². The van der Waals surface area contributed by atoms with E-state index in [-0.39, 0.29) is 11.3 Å². The Morgan fingerprint density at radius 2 is 2.03 bits per heavy atom. The summed E-state index contributed by atoms with van der Waals surface area (Å²) in [6.07, 6.45) is 0. The first kappa shape index (κ1) is 21.6. The molecule has 0 bridgehead atoms. The number of hydrogen-bond donors (Lipinski definition) is 1. The minimum atomic E-state index is -0.824. The normalized spacial score (nSPS) is 16.1. The molecular formula is C26H18N2O5S2. The summed E-state index contributed by atoms with van der Waals surface area (Å²) >= 11 is 2.70. The highest BCUT2D eigenvalue weighted by molar-refractivity contribution is 7.22. The van der Waals surface area contributed by atoms with Gasteiger partial charge in [-0.25, -0.2) is 4.98 Å². The zero-order valence-corrected chi connectivity index (χ0v) is 20.1. The molecule has 0 unspecified atom stereocenters. The number of ketones is 1. The number of aliphatic hydroxyl groups excluding tert-OH is 1. The molecule has 0 radical (unpaired) electrons. The zero-order valence-electron chi connectivity index (χ0n) is 18.4. The van der Waals surface area contributed by atoms with Crippen LogP contribution in [0.2, 0.25) is 0 Å². The maximum atomic E-state index is 13.6. The number of aromatic nitrogens is 1. The Kier molecular flexibility index (Phi) is 5.16. The Morgan fingerprint density at radius 3 is 2.80 bits per heavy atom. The topological polar surface area (TPSA) is 92.9 Å². The number of rotatable bonds is 6. The van der Waals surface area contributed by atoms with Crippen LogP contribution in [-0.2, 0) is 4.79 Å². The van der Waals surface area contributed by atoms with E-state index in [2.05, 4.69) is 4.98 Å². The lowest BCUT2D eigenvalue weighted by atomic mass is 10.0. The van der Waals surface area contributed by atoms with Crippen molar-refractivity contribution in [2.75, 3.05) is 11.5 Å². The van der Waals surface area contributed by atoms with Crippen LogP contribution in [-0.4, -0.2) is 28.4 Å². The highest BCUT2D eigenvalue weighted by Crippen LogP contribution is 2.45. The van der Waals surface area contributed by atoms with E-state index in [9.17, 15) is 14.7 Å². The van der Waals surface area contributed by atoms with E-state index in [1.54, 1.807) is 12.1 Å². The number of thiophene rings is 1. The van der Waals surface area contributed by atoms with Crippen LogP contribution >= 0.6 is 22.7 Å². The van der Waals surface area contributed by atoms with E-state index in [1.807, 2.05) is 60.8 Å². The smallest absolute Gasteiger partial charge is 0.296 e. The molecular weight excluding hydrogens is 484 g/mol. The molecule has 0 saturated carbocycles. The Morgan fingerprint density at radius 1 is 1.17 bits per heavy atom. The number of amides is 1. The predicted molar refractivity (Wildman–Crippen MR) is 136 cm³/mol. The van der Waals surface area contributed by atoms with Gasteiger partial charge in [0.25, 0.3) is 5.91 Å². The largest absolute Gasteiger partial charge is 0.503 e. The number of carbonyl (C=O) groups is 2. The number of benzene rings is 2. The third kappa shape index (κ3) is 3.51. The molecule has 1 amide bonds. The van der Waals surface area contributed by atoms with Gasteiger partial charge in [-0.3, -0.25) is 14.5 Å². The quantitative estimate of drug-likeness (QED) is 0.275. The number of furan rings is 1. The molecule has 1 aliphatic rings. The van der Waals surface area contributed by atoms with Crippen LogP contribution < -0.4 is 9.64 Å². The standard InChI is InChI=1S/C26H18N2O5S2/c1-2-32-15-9-10-16-20(13-15)35-26(27-16)28-22(19-8-5-11-34-19)21(24(30)25(28)31)23(29)18-12-14-6-3-4-7-17(14)33-18/h3-13,22,30H,2H2,1H3/t22-/m0/s1. The van der Waals surface area contributed by atoms with Crippen molar-refractivity contribution >= 4 is 60.7 Å². The maximum Gasteiger partial charge on any atom is 0.296 e. The molecule has 0 fully saturated rings. The van der Waals surface area contributed by atoms with E-state index in [0.717, 1.165) is 15.0 Å². The van der Waals surface area contributed by atoms with Gasteiger partial charge in [-0.05, 0) is 48.7 Å². The van der Waals surface area contributed by atoms with Gasteiger partial charge in [-0.15, -0.1) is 11.3 Å². The third-order valence-electron chi connectivity index (χ3n) is 5.78. The molecule has 6 rings (SSSR count). The minimum absolute atomic E-state index is 0.0224. The van der Waals surface area contributed by atoms with Crippen molar-refractivity contribution in [2.45, 2.75) is 13.0 Å². The molecule has 9 heteroatoms. The summed E-state index contributed by atoms with van der Waals surface area (Å²) in [5.74, 6) is -1.03. The van der Waals surface area contributed by atoms with E-state index in [4.69, 9.17) is 9.15 Å². The first-order valence-electron chi connectivity index (χ1n) is 10.9. The van der Waals surface area contributed by atoms with Gasteiger partial charge in [0, 0.05) is 10.3 Å². The Bertz CT molecular complexity index is 1600. The fourth-order valence-corrected chi connectivity index (χ4v) is 6.07. The van der Waals surface area contributed by atoms with Crippen molar-refractivity contribution < 1.29 is 23.8 Å². The fourth-order valence-electron chi connectivity index (χ4n) is 4.23. The van der Waals surface area contributed by atoms with Gasteiger partial charge in [0.2, 0.25) is 5.78 Å². The van der Waals surface area contributed by atoms with Crippen LogP contribution in [0.15, 0.2) is 81.8 Å². The van der Waals surface area contributed by atoms with Gasteiger partial charge < -0.3 is 14.3 Å². The average Bonchev–Trinajstić information content (AvgIpc) is 3.64. The molecule has 2 aromatic carbocycles. The van der Waals surface area contributed by atoms with Crippen LogP contribution in [0.1, 0.15) is 28.4 Å². The molecule has 1 aliphatic heterocycles. The Labute approximate surface area is 207 Å². The Hall–Kier alpha value is -3.95. The number of thiazole rings is 1. The number of anilines is 1. The van der Waals surface area contributed by atoms with Gasteiger partial charge in [0.1, 0.15) is 17.4 Å². The number of Topliss-reactive ketones (excluding diaryl/α,β-unsaturated/α-hetero) is 1. The number of carbonyl (C=O) groups excluding carboxylic acids is 2. The SMILES string of the molecule is CCOc1ccc2nc(N3C(=O)C(O)=C(C(=O)c4cc5ccccc5o4)[C@@H]3c3cccs3)sc2c1. The number of para-hydroxylation sites is 1. The second kappa shape index (κ2) is 8.37. The highest BCUT2D eigenvalue weighted by atomic mass is 32.1. The van der Waals surface area contributed by atoms with E-state index in [1.165, 1.54) is 27.6 Å². The molecule has 7 nitrogen and oxygen atoms in total. The van der Waals surface area contributed by atoms with E-state index >= 15 is 0 Å². The molecule has 35 heavy (non-hydrogen) atoms. The number of aliphatic hydroxyl groups is 1. The van der Waals surface area contributed by atoms with Crippen LogP contribution in [0.25, 0.3) is 21.2 Å². The molecule has 3 aromatic heterocycles. The molecule has 0 spiro atoms. The van der Waals surface area contributed by atoms with Crippen LogP contribution in [0.4, 0.5) is 5.13 Å². The summed E-state index contributed by atoms with van der Waals surface area (Å²) in [6, 6.07) is 17.3. The monoisotopic (exact) mass is 502 g/mol. The molecule has 4 heterocycles. The van der Waals surface area contributed by atoms with Crippen molar-refractivity contribution in [3.05, 3.63) is 88.0 Å².